The van der Waals surface area contributed by atoms with Gasteiger partial charge in [0, 0.05) is 6.54 Å². The van der Waals surface area contributed by atoms with Crippen molar-refractivity contribution in [1.82, 2.24) is 4.98 Å². The van der Waals surface area contributed by atoms with Crippen molar-refractivity contribution in [1.29, 1.82) is 0 Å². The van der Waals surface area contributed by atoms with E-state index in [-0.39, 0.29) is 35.1 Å². The van der Waals surface area contributed by atoms with Crippen molar-refractivity contribution < 1.29 is 13.9 Å². The van der Waals surface area contributed by atoms with E-state index in [4.69, 9.17) is 22.4 Å². The van der Waals surface area contributed by atoms with Crippen LogP contribution in [0, 0.1) is 0 Å². The van der Waals surface area contributed by atoms with Gasteiger partial charge in [0.1, 0.15) is 0 Å². The van der Waals surface area contributed by atoms with E-state index in [1.54, 1.807) is 0 Å². The summed E-state index contributed by atoms with van der Waals surface area (Å²) in [5, 5.41) is 8.65. The predicted octanol–water partition coefficient (Wildman–Crippen LogP) is 1.62. The van der Waals surface area contributed by atoms with Crippen LogP contribution in [-0.2, 0) is 13.2 Å². The SMILES string of the molecule is NCc1nc(CO)cc(Cl)c1C(F)F. The highest BCUT2D eigenvalue weighted by atomic mass is 35.5. The number of pyridine rings is 1. The summed E-state index contributed by atoms with van der Waals surface area (Å²) >= 11 is 5.60. The maximum atomic E-state index is 12.5. The summed E-state index contributed by atoms with van der Waals surface area (Å²) in [4.78, 5) is 3.75. The van der Waals surface area contributed by atoms with E-state index in [1.807, 2.05) is 0 Å². The molecule has 0 unspecified atom stereocenters. The van der Waals surface area contributed by atoms with E-state index in [9.17, 15) is 8.78 Å². The molecule has 0 amide bonds. The number of aliphatic hydroxyl groups is 1. The molecule has 1 heterocycles. The van der Waals surface area contributed by atoms with Crippen molar-refractivity contribution in [2.75, 3.05) is 0 Å². The van der Waals surface area contributed by atoms with Crippen LogP contribution in [0.1, 0.15) is 23.4 Å². The molecule has 0 saturated carbocycles. The topological polar surface area (TPSA) is 59.1 Å². The lowest BCUT2D eigenvalue weighted by Crippen LogP contribution is -2.08. The second kappa shape index (κ2) is 4.63. The fraction of sp³-hybridized carbons (Fsp3) is 0.375. The molecule has 6 heteroatoms. The summed E-state index contributed by atoms with van der Waals surface area (Å²) in [6.07, 6.45) is -2.71. The van der Waals surface area contributed by atoms with Gasteiger partial charge < -0.3 is 10.8 Å². The fourth-order valence-corrected chi connectivity index (χ4v) is 1.41. The number of hydrogen-bond acceptors (Lipinski definition) is 3. The highest BCUT2D eigenvalue weighted by Crippen LogP contribution is 2.29. The molecule has 0 aliphatic carbocycles. The molecule has 1 aromatic heterocycles. The molecule has 0 aliphatic rings. The lowest BCUT2D eigenvalue weighted by molar-refractivity contribution is 0.149. The molecule has 3 nitrogen and oxygen atoms in total. The zero-order valence-electron chi connectivity index (χ0n) is 7.17. The zero-order chi connectivity index (χ0) is 10.7. The standard InChI is InChI=1S/C8H9ClF2N2O/c9-5-1-4(3-14)13-6(2-12)7(5)8(10)11/h1,8,14H,2-3,12H2. The summed E-state index contributed by atoms with van der Waals surface area (Å²) in [5.74, 6) is 0. The Kier molecular flexibility index (Phi) is 3.74. The van der Waals surface area contributed by atoms with Gasteiger partial charge in [-0.3, -0.25) is 4.98 Å². The molecule has 0 aromatic carbocycles. The van der Waals surface area contributed by atoms with Crippen LogP contribution < -0.4 is 5.73 Å². The van der Waals surface area contributed by atoms with Gasteiger partial charge in [-0.1, -0.05) is 11.6 Å². The summed E-state index contributed by atoms with van der Waals surface area (Å²) in [7, 11) is 0. The van der Waals surface area contributed by atoms with Crippen LogP contribution in [-0.4, -0.2) is 10.1 Å². The third-order valence-electron chi connectivity index (χ3n) is 1.71. The maximum absolute atomic E-state index is 12.5. The molecule has 0 spiro atoms. The first-order valence-electron chi connectivity index (χ1n) is 3.87. The monoisotopic (exact) mass is 222 g/mol. The third kappa shape index (κ3) is 2.17. The zero-order valence-corrected chi connectivity index (χ0v) is 7.93. The fourth-order valence-electron chi connectivity index (χ4n) is 1.09. The Morgan fingerprint density at radius 3 is 2.64 bits per heavy atom. The normalized spacial score (nSPS) is 11.0. The molecule has 1 aromatic rings. The molecule has 78 valence electrons. The molecule has 0 atom stereocenters. The highest BCUT2D eigenvalue weighted by molar-refractivity contribution is 6.31. The first-order chi connectivity index (χ1) is 6.60. The Morgan fingerprint density at radius 1 is 1.57 bits per heavy atom. The van der Waals surface area contributed by atoms with Crippen molar-refractivity contribution in [3.05, 3.63) is 28.0 Å². The Balaban J connectivity index is 3.27. The van der Waals surface area contributed by atoms with Gasteiger partial charge in [-0.2, -0.15) is 0 Å². The number of hydrogen-bond donors (Lipinski definition) is 2. The molecule has 3 N–H and O–H groups in total. The van der Waals surface area contributed by atoms with Gasteiger partial charge in [-0.25, -0.2) is 8.78 Å². The number of aromatic nitrogens is 1. The smallest absolute Gasteiger partial charge is 0.267 e. The number of nitrogens with two attached hydrogens (primary N) is 1. The van der Waals surface area contributed by atoms with Gasteiger partial charge in [0.15, 0.2) is 0 Å². The number of alkyl halides is 2. The average Bonchev–Trinajstić information content (AvgIpc) is 2.15. The third-order valence-corrected chi connectivity index (χ3v) is 2.03. The van der Waals surface area contributed by atoms with Gasteiger partial charge in [-0.15, -0.1) is 0 Å². The van der Waals surface area contributed by atoms with Crippen LogP contribution in [0.15, 0.2) is 6.07 Å². The number of halogens is 3. The first-order valence-corrected chi connectivity index (χ1v) is 4.25. The van der Waals surface area contributed by atoms with Gasteiger partial charge >= 0.3 is 0 Å². The average molecular weight is 223 g/mol. The number of rotatable bonds is 3. The van der Waals surface area contributed by atoms with Gasteiger partial charge in [0.05, 0.1) is 28.6 Å². The molecule has 0 saturated heterocycles. The van der Waals surface area contributed by atoms with Crippen LogP contribution >= 0.6 is 11.6 Å². The minimum atomic E-state index is -2.71. The minimum Gasteiger partial charge on any atom is -0.390 e. The predicted molar refractivity (Wildman–Crippen MR) is 48.0 cm³/mol. The Labute approximate surface area is 84.5 Å². The quantitative estimate of drug-likeness (QED) is 0.817. The van der Waals surface area contributed by atoms with Crippen LogP contribution in [0.3, 0.4) is 0 Å². The minimum absolute atomic E-state index is 0.0246. The van der Waals surface area contributed by atoms with E-state index in [0.717, 1.165) is 0 Å². The van der Waals surface area contributed by atoms with Crippen LogP contribution in [0.4, 0.5) is 8.78 Å². The highest BCUT2D eigenvalue weighted by Gasteiger charge is 2.18. The molecule has 14 heavy (non-hydrogen) atoms. The second-order valence-corrected chi connectivity index (χ2v) is 3.03. The molecule has 0 bridgehead atoms. The molecule has 0 fully saturated rings. The van der Waals surface area contributed by atoms with Crippen molar-refractivity contribution in [3.63, 3.8) is 0 Å². The van der Waals surface area contributed by atoms with Crippen molar-refractivity contribution in [2.24, 2.45) is 5.73 Å². The summed E-state index contributed by atoms with van der Waals surface area (Å²) in [5.41, 5.74) is 5.15. The molecular formula is C8H9ClF2N2O. The molecular weight excluding hydrogens is 214 g/mol. The van der Waals surface area contributed by atoms with Crippen LogP contribution in [0.25, 0.3) is 0 Å². The maximum Gasteiger partial charge on any atom is 0.267 e. The number of aliphatic hydroxyl groups excluding tert-OH is 1. The van der Waals surface area contributed by atoms with E-state index in [2.05, 4.69) is 4.98 Å². The van der Waals surface area contributed by atoms with Gasteiger partial charge in [0.25, 0.3) is 6.43 Å². The van der Waals surface area contributed by atoms with E-state index in [1.165, 1.54) is 6.07 Å². The lowest BCUT2D eigenvalue weighted by atomic mass is 10.1. The Hall–Kier alpha value is -0.780. The molecule has 0 aliphatic heterocycles. The first kappa shape index (κ1) is 11.3. The van der Waals surface area contributed by atoms with E-state index >= 15 is 0 Å². The van der Waals surface area contributed by atoms with Gasteiger partial charge in [0.2, 0.25) is 0 Å². The molecule has 0 radical (unpaired) electrons. The van der Waals surface area contributed by atoms with Gasteiger partial charge in [-0.05, 0) is 6.07 Å². The summed E-state index contributed by atoms with van der Waals surface area (Å²) in [6.45, 7) is -0.483. The van der Waals surface area contributed by atoms with Crippen molar-refractivity contribution in [3.8, 4) is 0 Å². The summed E-state index contributed by atoms with van der Waals surface area (Å²) < 4.78 is 24.9. The lowest BCUT2D eigenvalue weighted by Gasteiger charge is -2.09. The Bertz CT molecular complexity index is 333. The van der Waals surface area contributed by atoms with E-state index < -0.39 is 6.43 Å². The number of nitrogens with zero attached hydrogens (tertiary/aromatic N) is 1. The Morgan fingerprint density at radius 2 is 2.21 bits per heavy atom. The van der Waals surface area contributed by atoms with Crippen molar-refractivity contribution >= 4 is 11.6 Å². The second-order valence-electron chi connectivity index (χ2n) is 2.62. The van der Waals surface area contributed by atoms with E-state index in [0.29, 0.717) is 0 Å². The van der Waals surface area contributed by atoms with Crippen LogP contribution in [0.5, 0.6) is 0 Å². The summed E-state index contributed by atoms with van der Waals surface area (Å²) in [6, 6.07) is 1.21. The largest absolute Gasteiger partial charge is 0.390 e. The van der Waals surface area contributed by atoms with Crippen LogP contribution in [0.2, 0.25) is 5.02 Å². The molecule has 1 rings (SSSR count). The van der Waals surface area contributed by atoms with Crippen molar-refractivity contribution in [2.45, 2.75) is 19.6 Å².